The first-order chi connectivity index (χ1) is 10.0. The van der Waals surface area contributed by atoms with Crippen LogP contribution >= 0.6 is 0 Å². The standard InChI is InChI=1S/C15H20N2O4/c1-3-11-4-6-13(7-5-11)21-10-12(18)8-17-14(19)9-16(2)15(17)20/h4-7,12,18H,3,8-10H2,1-2H3/t12-/m1/s1. The van der Waals surface area contributed by atoms with Gasteiger partial charge in [-0.1, -0.05) is 19.1 Å². The molecule has 1 fully saturated rings. The second kappa shape index (κ2) is 6.58. The van der Waals surface area contributed by atoms with Gasteiger partial charge in [0.25, 0.3) is 0 Å². The number of β-amino-alcohol motifs (C(OH)–C–C–N with tert-alkyl or cyclic N) is 1. The van der Waals surface area contributed by atoms with Crippen molar-refractivity contribution in [1.82, 2.24) is 9.80 Å². The fourth-order valence-corrected chi connectivity index (χ4v) is 2.13. The van der Waals surface area contributed by atoms with E-state index in [1.165, 1.54) is 10.5 Å². The number of carbonyl (C=O) groups excluding carboxylic acids is 2. The molecule has 1 aromatic rings. The zero-order chi connectivity index (χ0) is 15.4. The number of urea groups is 1. The zero-order valence-corrected chi connectivity index (χ0v) is 12.3. The molecule has 0 spiro atoms. The lowest BCUT2D eigenvalue weighted by atomic mass is 10.2. The van der Waals surface area contributed by atoms with Crippen molar-refractivity contribution in [1.29, 1.82) is 0 Å². The van der Waals surface area contributed by atoms with E-state index in [4.69, 9.17) is 4.74 Å². The molecule has 1 saturated heterocycles. The van der Waals surface area contributed by atoms with Gasteiger partial charge in [-0.2, -0.15) is 0 Å². The van der Waals surface area contributed by atoms with Crippen molar-refractivity contribution >= 4 is 11.9 Å². The Hall–Kier alpha value is -2.08. The summed E-state index contributed by atoms with van der Waals surface area (Å²) in [6.07, 6.45) is 0.0468. The molecule has 1 N–H and O–H groups in total. The topological polar surface area (TPSA) is 70.1 Å². The van der Waals surface area contributed by atoms with Crippen molar-refractivity contribution in [3.8, 4) is 5.75 Å². The Balaban J connectivity index is 1.83. The molecule has 0 unspecified atom stereocenters. The smallest absolute Gasteiger partial charge is 0.327 e. The van der Waals surface area contributed by atoms with Crippen LogP contribution in [0, 0.1) is 0 Å². The summed E-state index contributed by atoms with van der Waals surface area (Å²) in [5.41, 5.74) is 1.21. The number of benzene rings is 1. The Labute approximate surface area is 123 Å². The summed E-state index contributed by atoms with van der Waals surface area (Å²) < 4.78 is 5.46. The highest BCUT2D eigenvalue weighted by Crippen LogP contribution is 2.13. The first-order valence-electron chi connectivity index (χ1n) is 6.96. The largest absolute Gasteiger partial charge is 0.491 e. The quantitative estimate of drug-likeness (QED) is 0.790. The van der Waals surface area contributed by atoms with Crippen LogP contribution < -0.4 is 4.74 Å². The normalized spacial score (nSPS) is 16.5. The molecule has 1 heterocycles. The average Bonchev–Trinajstić information content (AvgIpc) is 2.72. The molecule has 114 valence electrons. The van der Waals surface area contributed by atoms with Crippen LogP contribution in [0.25, 0.3) is 0 Å². The van der Waals surface area contributed by atoms with Crippen molar-refractivity contribution < 1.29 is 19.4 Å². The maximum Gasteiger partial charge on any atom is 0.327 e. The van der Waals surface area contributed by atoms with E-state index >= 15 is 0 Å². The van der Waals surface area contributed by atoms with Crippen LogP contribution in [0.15, 0.2) is 24.3 Å². The molecular weight excluding hydrogens is 272 g/mol. The van der Waals surface area contributed by atoms with Crippen molar-refractivity contribution in [2.75, 3.05) is 26.7 Å². The van der Waals surface area contributed by atoms with Gasteiger partial charge in [-0.15, -0.1) is 0 Å². The number of amides is 3. The SMILES string of the molecule is CCc1ccc(OC[C@H](O)CN2C(=O)CN(C)C2=O)cc1. The number of ether oxygens (including phenoxy) is 1. The van der Waals surface area contributed by atoms with Gasteiger partial charge in [0.15, 0.2) is 0 Å². The van der Waals surface area contributed by atoms with Gasteiger partial charge >= 0.3 is 6.03 Å². The lowest BCUT2D eigenvalue weighted by Crippen LogP contribution is -2.40. The maximum absolute atomic E-state index is 11.7. The number of likely N-dealkylation sites (N-methyl/N-ethyl adjacent to an activating group) is 1. The van der Waals surface area contributed by atoms with Crippen LogP contribution in [-0.4, -0.2) is 59.7 Å². The molecule has 0 saturated carbocycles. The molecule has 21 heavy (non-hydrogen) atoms. The van der Waals surface area contributed by atoms with Crippen molar-refractivity contribution in [3.63, 3.8) is 0 Å². The van der Waals surface area contributed by atoms with Crippen LogP contribution in [0.4, 0.5) is 4.79 Å². The van der Waals surface area contributed by atoms with Crippen LogP contribution in [0.5, 0.6) is 5.75 Å². The molecule has 6 heteroatoms. The molecule has 0 radical (unpaired) electrons. The monoisotopic (exact) mass is 292 g/mol. The number of aliphatic hydroxyl groups excluding tert-OH is 1. The first-order valence-corrected chi connectivity index (χ1v) is 6.96. The fraction of sp³-hybridized carbons (Fsp3) is 0.467. The van der Waals surface area contributed by atoms with Crippen LogP contribution in [-0.2, 0) is 11.2 Å². The van der Waals surface area contributed by atoms with Crippen molar-refractivity contribution in [2.24, 2.45) is 0 Å². The summed E-state index contributed by atoms with van der Waals surface area (Å²) in [6, 6.07) is 7.22. The third kappa shape index (κ3) is 3.72. The van der Waals surface area contributed by atoms with Gasteiger partial charge in [0.2, 0.25) is 5.91 Å². The minimum absolute atomic E-state index is 0.0340. The minimum Gasteiger partial charge on any atom is -0.491 e. The molecule has 1 aliphatic rings. The van der Waals surface area contributed by atoms with E-state index in [1.54, 1.807) is 7.05 Å². The Morgan fingerprint density at radius 2 is 1.95 bits per heavy atom. The predicted molar refractivity (Wildman–Crippen MR) is 77.1 cm³/mol. The van der Waals surface area contributed by atoms with Crippen molar-refractivity contribution in [3.05, 3.63) is 29.8 Å². The summed E-state index contributed by atoms with van der Waals surface area (Å²) in [4.78, 5) is 25.6. The van der Waals surface area contributed by atoms with Gasteiger partial charge < -0.3 is 14.7 Å². The number of carbonyl (C=O) groups is 2. The number of aliphatic hydroxyl groups is 1. The van der Waals surface area contributed by atoms with Crippen LogP contribution in [0.1, 0.15) is 12.5 Å². The summed E-state index contributed by atoms with van der Waals surface area (Å²) in [7, 11) is 1.55. The number of hydrogen-bond acceptors (Lipinski definition) is 4. The number of imide groups is 1. The molecule has 1 aromatic carbocycles. The molecular formula is C15H20N2O4. The van der Waals surface area contributed by atoms with E-state index in [2.05, 4.69) is 6.92 Å². The Morgan fingerprint density at radius 1 is 1.29 bits per heavy atom. The van der Waals surface area contributed by atoms with Gasteiger partial charge in [0.05, 0.1) is 6.54 Å². The summed E-state index contributed by atoms with van der Waals surface area (Å²) in [5, 5.41) is 9.90. The molecule has 2 rings (SSSR count). The number of aryl methyl sites for hydroxylation is 1. The Bertz CT molecular complexity index is 515. The lowest BCUT2D eigenvalue weighted by Gasteiger charge is -2.18. The number of hydrogen-bond donors (Lipinski definition) is 1. The van der Waals surface area contributed by atoms with E-state index < -0.39 is 6.10 Å². The maximum atomic E-state index is 11.7. The van der Waals surface area contributed by atoms with E-state index in [-0.39, 0.29) is 31.6 Å². The minimum atomic E-state index is -0.907. The molecule has 3 amide bonds. The highest BCUT2D eigenvalue weighted by atomic mass is 16.5. The second-order valence-corrected chi connectivity index (χ2v) is 5.11. The molecule has 1 atom stereocenters. The number of nitrogens with zero attached hydrogens (tertiary/aromatic N) is 2. The van der Waals surface area contributed by atoms with Gasteiger partial charge in [0.1, 0.15) is 25.0 Å². The highest BCUT2D eigenvalue weighted by Gasteiger charge is 2.34. The second-order valence-electron chi connectivity index (χ2n) is 5.11. The summed E-state index contributed by atoms with van der Waals surface area (Å²) in [5.74, 6) is 0.358. The Morgan fingerprint density at radius 3 is 2.48 bits per heavy atom. The summed E-state index contributed by atoms with van der Waals surface area (Å²) in [6.45, 7) is 2.12. The third-order valence-corrected chi connectivity index (χ3v) is 3.40. The van der Waals surface area contributed by atoms with Gasteiger partial charge in [0, 0.05) is 7.05 Å². The van der Waals surface area contributed by atoms with Crippen molar-refractivity contribution in [2.45, 2.75) is 19.4 Å². The van der Waals surface area contributed by atoms with E-state index in [0.29, 0.717) is 5.75 Å². The highest BCUT2D eigenvalue weighted by molar-refractivity contribution is 6.01. The average molecular weight is 292 g/mol. The van der Waals surface area contributed by atoms with E-state index in [1.807, 2.05) is 24.3 Å². The Kier molecular flexibility index (Phi) is 4.80. The zero-order valence-electron chi connectivity index (χ0n) is 12.3. The lowest BCUT2D eigenvalue weighted by molar-refractivity contribution is -0.126. The van der Waals surface area contributed by atoms with Gasteiger partial charge in [-0.25, -0.2) is 4.79 Å². The molecule has 6 nitrogen and oxygen atoms in total. The fourth-order valence-electron chi connectivity index (χ4n) is 2.13. The third-order valence-electron chi connectivity index (χ3n) is 3.40. The predicted octanol–water partition coefficient (Wildman–Crippen LogP) is 0.883. The molecule has 0 bridgehead atoms. The molecule has 1 aliphatic heterocycles. The molecule has 0 aliphatic carbocycles. The van der Waals surface area contributed by atoms with E-state index in [9.17, 15) is 14.7 Å². The van der Waals surface area contributed by atoms with Gasteiger partial charge in [-0.05, 0) is 24.1 Å². The molecule has 0 aromatic heterocycles. The number of rotatable bonds is 6. The van der Waals surface area contributed by atoms with Gasteiger partial charge in [-0.3, -0.25) is 9.69 Å². The van der Waals surface area contributed by atoms with E-state index in [0.717, 1.165) is 11.3 Å². The van der Waals surface area contributed by atoms with Crippen LogP contribution in [0.2, 0.25) is 0 Å². The first kappa shape index (κ1) is 15.3. The summed E-state index contributed by atoms with van der Waals surface area (Å²) >= 11 is 0. The van der Waals surface area contributed by atoms with Crippen LogP contribution in [0.3, 0.4) is 0 Å².